The van der Waals surface area contributed by atoms with Gasteiger partial charge in [-0.1, -0.05) is 6.07 Å². The van der Waals surface area contributed by atoms with Crippen molar-refractivity contribution in [3.05, 3.63) is 28.2 Å². The number of ether oxygens (including phenoxy) is 1. The van der Waals surface area contributed by atoms with Crippen LogP contribution in [0.5, 0.6) is 5.75 Å². The lowest BCUT2D eigenvalue weighted by molar-refractivity contribution is 0.0962. The number of hydrogen-bond donors (Lipinski definition) is 2. The molecule has 4 nitrogen and oxygen atoms in total. The van der Waals surface area contributed by atoms with Crippen molar-refractivity contribution >= 4 is 15.9 Å². The number of hydrogen-bond acceptors (Lipinski definition) is 4. The third-order valence-corrected chi connectivity index (χ3v) is 4.27. The van der Waals surface area contributed by atoms with Crippen LogP contribution in [0.4, 0.5) is 0 Å². The van der Waals surface area contributed by atoms with Crippen LogP contribution in [-0.4, -0.2) is 48.9 Å². The molecule has 1 aromatic rings. The Hall–Kier alpha value is -0.620. The minimum absolute atomic E-state index is 0.0477. The second kappa shape index (κ2) is 7.41. The topological polar surface area (TPSA) is 44.7 Å². The number of nitrogens with zero attached hydrogens (tertiary/aromatic N) is 1. The largest absolute Gasteiger partial charge is 0.493 e. The smallest absolute Gasteiger partial charge is 0.133 e. The van der Waals surface area contributed by atoms with Crippen LogP contribution in [0.25, 0.3) is 0 Å². The highest BCUT2D eigenvalue weighted by Gasteiger charge is 2.24. The molecule has 0 spiro atoms. The van der Waals surface area contributed by atoms with Crippen molar-refractivity contribution < 1.29 is 9.84 Å². The first-order chi connectivity index (χ1) is 9.65. The van der Waals surface area contributed by atoms with Gasteiger partial charge in [-0.2, -0.15) is 0 Å². The number of aliphatic hydroxyl groups is 1. The monoisotopic (exact) mass is 342 g/mol. The fourth-order valence-electron chi connectivity index (χ4n) is 2.67. The van der Waals surface area contributed by atoms with Crippen LogP contribution in [0.3, 0.4) is 0 Å². The average molecular weight is 343 g/mol. The van der Waals surface area contributed by atoms with Gasteiger partial charge in [-0.15, -0.1) is 0 Å². The molecular weight excluding hydrogens is 320 g/mol. The van der Waals surface area contributed by atoms with Gasteiger partial charge in [0.1, 0.15) is 5.75 Å². The number of halogens is 1. The summed E-state index contributed by atoms with van der Waals surface area (Å²) >= 11 is 3.54. The fourth-order valence-corrected chi connectivity index (χ4v) is 3.18. The van der Waals surface area contributed by atoms with Crippen molar-refractivity contribution in [3.8, 4) is 5.75 Å². The van der Waals surface area contributed by atoms with Gasteiger partial charge in [-0.3, -0.25) is 4.90 Å². The third-order valence-electron chi connectivity index (χ3n) is 3.65. The molecule has 0 aromatic heterocycles. The minimum Gasteiger partial charge on any atom is -0.493 e. The van der Waals surface area contributed by atoms with Crippen LogP contribution >= 0.6 is 15.9 Å². The van der Waals surface area contributed by atoms with Gasteiger partial charge in [0.15, 0.2) is 0 Å². The van der Waals surface area contributed by atoms with Gasteiger partial charge >= 0.3 is 0 Å². The molecule has 1 aromatic carbocycles. The molecular formula is C15H23BrN2O2. The SMILES string of the molecule is CCOc1ccc(C(CO)N2CCNC(C)C2)cc1Br. The molecule has 0 amide bonds. The Bertz CT molecular complexity index is 442. The van der Waals surface area contributed by atoms with Crippen molar-refractivity contribution in [3.63, 3.8) is 0 Å². The molecule has 0 radical (unpaired) electrons. The molecule has 2 N–H and O–H groups in total. The van der Waals surface area contributed by atoms with E-state index in [9.17, 15) is 5.11 Å². The molecule has 0 bridgehead atoms. The quantitative estimate of drug-likeness (QED) is 0.860. The van der Waals surface area contributed by atoms with E-state index in [1.165, 1.54) is 0 Å². The maximum absolute atomic E-state index is 9.77. The van der Waals surface area contributed by atoms with Gasteiger partial charge in [0.25, 0.3) is 0 Å². The van der Waals surface area contributed by atoms with Gasteiger partial charge in [0, 0.05) is 25.7 Å². The summed E-state index contributed by atoms with van der Waals surface area (Å²) in [5.41, 5.74) is 1.12. The van der Waals surface area contributed by atoms with Crippen LogP contribution in [0, 0.1) is 0 Å². The second-order valence-corrected chi connectivity index (χ2v) is 6.03. The average Bonchev–Trinajstić information content (AvgIpc) is 2.43. The summed E-state index contributed by atoms with van der Waals surface area (Å²) in [5, 5.41) is 13.2. The molecule has 0 saturated carbocycles. The predicted octanol–water partition coefficient (Wildman–Crippen LogP) is 2.17. The van der Waals surface area contributed by atoms with E-state index in [1.54, 1.807) is 0 Å². The highest BCUT2D eigenvalue weighted by molar-refractivity contribution is 9.10. The summed E-state index contributed by atoms with van der Waals surface area (Å²) in [5.74, 6) is 0.849. The highest BCUT2D eigenvalue weighted by Crippen LogP contribution is 2.30. The van der Waals surface area contributed by atoms with Crippen molar-refractivity contribution in [2.75, 3.05) is 32.8 Å². The number of piperazine rings is 1. The summed E-state index contributed by atoms with van der Waals surface area (Å²) < 4.78 is 6.48. The summed E-state index contributed by atoms with van der Waals surface area (Å²) in [6.45, 7) is 7.81. The lowest BCUT2D eigenvalue weighted by Gasteiger charge is -2.37. The minimum atomic E-state index is 0.0477. The molecule has 1 heterocycles. The zero-order valence-corrected chi connectivity index (χ0v) is 13.7. The Morgan fingerprint density at radius 2 is 2.35 bits per heavy atom. The molecule has 5 heteroatoms. The van der Waals surface area contributed by atoms with E-state index in [4.69, 9.17) is 4.74 Å². The lowest BCUT2D eigenvalue weighted by Crippen LogP contribution is -2.50. The van der Waals surface area contributed by atoms with Crippen molar-refractivity contribution in [2.45, 2.75) is 25.9 Å². The summed E-state index contributed by atoms with van der Waals surface area (Å²) in [4.78, 5) is 2.34. The molecule has 2 unspecified atom stereocenters. The third kappa shape index (κ3) is 3.73. The number of rotatable bonds is 5. The zero-order valence-electron chi connectivity index (χ0n) is 12.1. The molecule has 1 aliphatic heterocycles. The first kappa shape index (κ1) is 15.8. The summed E-state index contributed by atoms with van der Waals surface area (Å²) in [7, 11) is 0. The molecule has 2 atom stereocenters. The molecule has 1 aliphatic rings. The van der Waals surface area contributed by atoms with Gasteiger partial charge in [-0.05, 0) is 47.5 Å². The van der Waals surface area contributed by atoms with Crippen LogP contribution in [-0.2, 0) is 0 Å². The summed E-state index contributed by atoms with van der Waals surface area (Å²) in [6, 6.07) is 6.58. The molecule has 1 fully saturated rings. The molecule has 0 aliphatic carbocycles. The van der Waals surface area contributed by atoms with Crippen LogP contribution < -0.4 is 10.1 Å². The normalized spacial score (nSPS) is 21.7. The van der Waals surface area contributed by atoms with Crippen LogP contribution in [0.15, 0.2) is 22.7 Å². The van der Waals surface area contributed by atoms with E-state index >= 15 is 0 Å². The second-order valence-electron chi connectivity index (χ2n) is 5.17. The molecule has 2 rings (SSSR count). The predicted molar refractivity (Wildman–Crippen MR) is 84.2 cm³/mol. The first-order valence-electron chi connectivity index (χ1n) is 7.16. The first-order valence-corrected chi connectivity index (χ1v) is 7.95. The van der Waals surface area contributed by atoms with Gasteiger partial charge in [-0.25, -0.2) is 0 Å². The Morgan fingerprint density at radius 3 is 2.95 bits per heavy atom. The van der Waals surface area contributed by atoms with E-state index in [2.05, 4.69) is 39.1 Å². The number of aliphatic hydroxyl groups excluding tert-OH is 1. The standard InChI is InChI=1S/C15H23BrN2O2/c1-3-20-15-5-4-12(8-13(15)16)14(10-19)18-7-6-17-11(2)9-18/h4-5,8,11,14,17,19H,3,6-7,9-10H2,1-2H3. The molecule has 1 saturated heterocycles. The molecule has 20 heavy (non-hydrogen) atoms. The Kier molecular flexibility index (Phi) is 5.84. The Balaban J connectivity index is 2.16. The number of nitrogens with one attached hydrogen (secondary N) is 1. The van der Waals surface area contributed by atoms with Crippen LogP contribution in [0.2, 0.25) is 0 Å². The van der Waals surface area contributed by atoms with Crippen molar-refractivity contribution in [1.82, 2.24) is 10.2 Å². The maximum atomic E-state index is 9.77. The van der Waals surface area contributed by atoms with Gasteiger partial charge in [0.2, 0.25) is 0 Å². The van der Waals surface area contributed by atoms with E-state index in [-0.39, 0.29) is 12.6 Å². The van der Waals surface area contributed by atoms with Crippen molar-refractivity contribution in [1.29, 1.82) is 0 Å². The zero-order chi connectivity index (χ0) is 14.5. The van der Waals surface area contributed by atoms with Crippen LogP contribution in [0.1, 0.15) is 25.5 Å². The van der Waals surface area contributed by atoms with E-state index in [0.717, 1.165) is 35.4 Å². The van der Waals surface area contributed by atoms with E-state index in [1.807, 2.05) is 19.1 Å². The Morgan fingerprint density at radius 1 is 1.55 bits per heavy atom. The lowest BCUT2D eigenvalue weighted by atomic mass is 10.0. The highest BCUT2D eigenvalue weighted by atomic mass is 79.9. The maximum Gasteiger partial charge on any atom is 0.133 e. The summed E-state index contributed by atoms with van der Waals surface area (Å²) in [6.07, 6.45) is 0. The Labute approximate surface area is 129 Å². The number of benzene rings is 1. The van der Waals surface area contributed by atoms with Gasteiger partial charge in [0.05, 0.1) is 23.7 Å². The van der Waals surface area contributed by atoms with Crippen molar-refractivity contribution in [2.24, 2.45) is 0 Å². The van der Waals surface area contributed by atoms with E-state index in [0.29, 0.717) is 12.6 Å². The fraction of sp³-hybridized carbons (Fsp3) is 0.600. The molecule has 112 valence electrons. The van der Waals surface area contributed by atoms with E-state index < -0.39 is 0 Å². The van der Waals surface area contributed by atoms with Gasteiger partial charge < -0.3 is 15.2 Å².